The molecule has 7 aromatic rings. The summed E-state index contributed by atoms with van der Waals surface area (Å²) in [5, 5.41) is 2.31. The molecule has 2 saturated carbocycles. The topological polar surface area (TPSA) is 21.9 Å². The first-order chi connectivity index (χ1) is 23.6. The van der Waals surface area contributed by atoms with Gasteiger partial charge in [-0.15, -0.1) is 0 Å². The molecule has 0 aliphatic heterocycles. The molecule has 2 aliphatic rings. The lowest BCUT2D eigenvalue weighted by atomic mass is 9.70. The van der Waals surface area contributed by atoms with Gasteiger partial charge in [-0.1, -0.05) is 105 Å². The molecule has 3 nitrogen and oxygen atoms in total. The SMILES string of the molecule is Cc1ccc2c(oc3ccc(-c4ccccc4)cc32)c1-c1n(-c2ccc(C3CCC(C4CCCCC4)CC3)cc2)c2ccccc2[n+]1C. The van der Waals surface area contributed by atoms with E-state index in [1.165, 1.54) is 96.8 Å². The fourth-order valence-corrected chi connectivity index (χ4v) is 9.31. The molecular formula is C45H45N2O+. The molecule has 0 N–H and O–H groups in total. The summed E-state index contributed by atoms with van der Waals surface area (Å²) in [6, 6.07) is 40.0. The Morgan fingerprint density at radius 1 is 0.646 bits per heavy atom. The van der Waals surface area contributed by atoms with Crippen LogP contribution in [0.1, 0.15) is 74.8 Å². The predicted molar refractivity (Wildman–Crippen MR) is 199 cm³/mol. The van der Waals surface area contributed by atoms with Gasteiger partial charge in [0.2, 0.25) is 0 Å². The van der Waals surface area contributed by atoms with Gasteiger partial charge in [0.1, 0.15) is 16.8 Å². The third kappa shape index (κ3) is 4.98. The second-order valence-corrected chi connectivity index (χ2v) is 14.6. The van der Waals surface area contributed by atoms with Crippen LogP contribution < -0.4 is 4.57 Å². The highest BCUT2D eigenvalue weighted by atomic mass is 16.3. The maximum atomic E-state index is 6.78. The third-order valence-electron chi connectivity index (χ3n) is 11.9. The number of hydrogen-bond acceptors (Lipinski definition) is 1. The smallest absolute Gasteiger partial charge is 0.298 e. The van der Waals surface area contributed by atoms with Crippen LogP contribution in [-0.4, -0.2) is 4.57 Å². The Labute approximate surface area is 283 Å². The van der Waals surface area contributed by atoms with E-state index in [0.717, 1.165) is 45.2 Å². The van der Waals surface area contributed by atoms with E-state index in [1.807, 2.05) is 0 Å². The standard InChI is InChI=1S/C45H45N2O/c1-30-17-27-38-39-29-36(32-13-7-4-8-14-32)24-28-42(39)48-44(38)43(30)45-46(2)40-15-9-10-16-41(40)47(45)37-25-22-35(23-26-37)34-20-18-33(19-21-34)31-11-5-3-6-12-31/h4,7-10,13-17,22-29,31,33-34H,3,5-6,11-12,18-21H2,1-2H3/q+1. The van der Waals surface area contributed by atoms with Crippen LogP contribution in [0.5, 0.6) is 0 Å². The van der Waals surface area contributed by atoms with E-state index in [2.05, 4.69) is 132 Å². The first-order valence-electron chi connectivity index (χ1n) is 18.3. The molecule has 3 heteroatoms. The van der Waals surface area contributed by atoms with Crippen molar-refractivity contribution in [1.82, 2.24) is 4.57 Å². The van der Waals surface area contributed by atoms with Crippen LogP contribution in [-0.2, 0) is 7.05 Å². The second-order valence-electron chi connectivity index (χ2n) is 14.6. The lowest BCUT2D eigenvalue weighted by Gasteiger charge is -2.36. The zero-order valence-corrected chi connectivity index (χ0v) is 28.3. The maximum Gasteiger partial charge on any atom is 0.298 e. The van der Waals surface area contributed by atoms with E-state index in [9.17, 15) is 0 Å². The summed E-state index contributed by atoms with van der Waals surface area (Å²) in [4.78, 5) is 0. The van der Waals surface area contributed by atoms with Crippen LogP contribution in [0.25, 0.3) is 61.2 Å². The van der Waals surface area contributed by atoms with Gasteiger partial charge in [0, 0.05) is 10.8 Å². The van der Waals surface area contributed by atoms with Crippen molar-refractivity contribution in [3.05, 3.63) is 120 Å². The van der Waals surface area contributed by atoms with Crippen molar-refractivity contribution in [2.45, 2.75) is 70.6 Å². The van der Waals surface area contributed by atoms with Gasteiger partial charge in [0.05, 0.1) is 7.05 Å². The number of fused-ring (bicyclic) bond motifs is 4. The monoisotopic (exact) mass is 629 g/mol. The van der Waals surface area contributed by atoms with Gasteiger partial charge in [0.15, 0.2) is 16.6 Å². The molecule has 0 radical (unpaired) electrons. The van der Waals surface area contributed by atoms with E-state index >= 15 is 0 Å². The van der Waals surface area contributed by atoms with Gasteiger partial charge in [0.25, 0.3) is 5.82 Å². The zero-order chi connectivity index (χ0) is 32.2. The quantitative estimate of drug-likeness (QED) is 0.174. The predicted octanol–water partition coefficient (Wildman–Crippen LogP) is 11.9. The molecule has 0 atom stereocenters. The Morgan fingerprint density at radius 2 is 1.38 bits per heavy atom. The molecule has 0 spiro atoms. The molecule has 2 fully saturated rings. The highest BCUT2D eigenvalue weighted by molar-refractivity contribution is 6.11. The Balaban J connectivity index is 1.12. The molecular weight excluding hydrogens is 585 g/mol. The number of benzene rings is 5. The number of imidazole rings is 1. The molecule has 5 aromatic carbocycles. The van der Waals surface area contributed by atoms with E-state index in [4.69, 9.17) is 4.42 Å². The van der Waals surface area contributed by atoms with Crippen molar-refractivity contribution in [2.24, 2.45) is 18.9 Å². The number of aromatic nitrogens is 2. The zero-order valence-electron chi connectivity index (χ0n) is 28.3. The first-order valence-corrected chi connectivity index (χ1v) is 18.3. The Bertz CT molecular complexity index is 2240. The number of para-hydroxylation sites is 2. The summed E-state index contributed by atoms with van der Waals surface area (Å²) in [6.45, 7) is 2.21. The fraction of sp³-hybridized carbons (Fsp3) is 0.311. The van der Waals surface area contributed by atoms with Crippen molar-refractivity contribution < 1.29 is 8.98 Å². The number of furan rings is 1. The number of nitrogens with zero attached hydrogens (tertiary/aromatic N) is 2. The number of rotatable bonds is 5. The largest absolute Gasteiger partial charge is 0.455 e. The summed E-state index contributed by atoms with van der Waals surface area (Å²) in [6.07, 6.45) is 12.8. The second kappa shape index (κ2) is 12.1. The summed E-state index contributed by atoms with van der Waals surface area (Å²) in [5.41, 5.74) is 11.7. The minimum Gasteiger partial charge on any atom is -0.455 e. The van der Waals surface area contributed by atoms with Crippen molar-refractivity contribution in [1.29, 1.82) is 0 Å². The summed E-state index contributed by atoms with van der Waals surface area (Å²) in [5.74, 6) is 3.78. The lowest BCUT2D eigenvalue weighted by Crippen LogP contribution is -2.30. The fourth-order valence-electron chi connectivity index (χ4n) is 9.31. The maximum absolute atomic E-state index is 6.78. The Kier molecular flexibility index (Phi) is 7.45. The summed E-state index contributed by atoms with van der Waals surface area (Å²) in [7, 11) is 2.20. The molecule has 2 aliphatic carbocycles. The van der Waals surface area contributed by atoms with Crippen LogP contribution in [0, 0.1) is 18.8 Å². The molecule has 240 valence electrons. The molecule has 0 unspecified atom stereocenters. The molecule has 2 aromatic heterocycles. The van der Waals surface area contributed by atoms with Crippen LogP contribution >= 0.6 is 0 Å². The van der Waals surface area contributed by atoms with Gasteiger partial charge >= 0.3 is 0 Å². The first kappa shape index (κ1) is 29.5. The van der Waals surface area contributed by atoms with E-state index in [0.29, 0.717) is 5.92 Å². The lowest BCUT2D eigenvalue weighted by molar-refractivity contribution is -0.633. The van der Waals surface area contributed by atoms with E-state index < -0.39 is 0 Å². The number of aryl methyl sites for hydroxylation is 2. The van der Waals surface area contributed by atoms with Crippen LogP contribution in [0.15, 0.2) is 114 Å². The van der Waals surface area contributed by atoms with Gasteiger partial charge in [-0.2, -0.15) is 4.57 Å². The normalized spacial score (nSPS) is 19.0. The van der Waals surface area contributed by atoms with Crippen LogP contribution in [0.3, 0.4) is 0 Å². The van der Waals surface area contributed by atoms with Crippen molar-refractivity contribution in [3.63, 3.8) is 0 Å². The van der Waals surface area contributed by atoms with Gasteiger partial charge in [-0.05, 0) is 109 Å². The highest BCUT2D eigenvalue weighted by Gasteiger charge is 2.32. The minimum absolute atomic E-state index is 0.684. The number of hydrogen-bond donors (Lipinski definition) is 0. The average molecular weight is 630 g/mol. The van der Waals surface area contributed by atoms with Crippen molar-refractivity contribution >= 4 is 33.0 Å². The van der Waals surface area contributed by atoms with Crippen molar-refractivity contribution in [2.75, 3.05) is 0 Å². The van der Waals surface area contributed by atoms with Gasteiger partial charge < -0.3 is 4.42 Å². The molecule has 9 rings (SSSR count). The van der Waals surface area contributed by atoms with E-state index in [-0.39, 0.29) is 0 Å². The van der Waals surface area contributed by atoms with Crippen molar-refractivity contribution in [3.8, 4) is 28.2 Å². The Morgan fingerprint density at radius 3 is 2.17 bits per heavy atom. The molecule has 2 heterocycles. The summed E-state index contributed by atoms with van der Waals surface area (Å²) >= 11 is 0. The van der Waals surface area contributed by atoms with Crippen LogP contribution in [0.4, 0.5) is 0 Å². The minimum atomic E-state index is 0.684. The van der Waals surface area contributed by atoms with Crippen LogP contribution in [0.2, 0.25) is 0 Å². The molecule has 0 bridgehead atoms. The Hall–Kier alpha value is -4.63. The molecule has 0 saturated heterocycles. The molecule has 48 heavy (non-hydrogen) atoms. The highest BCUT2D eigenvalue weighted by Crippen LogP contribution is 2.44. The van der Waals surface area contributed by atoms with Gasteiger partial charge in [-0.25, -0.2) is 4.57 Å². The molecule has 0 amide bonds. The summed E-state index contributed by atoms with van der Waals surface area (Å²) < 4.78 is 11.6. The van der Waals surface area contributed by atoms with E-state index in [1.54, 1.807) is 0 Å². The van der Waals surface area contributed by atoms with Gasteiger partial charge in [-0.3, -0.25) is 0 Å². The average Bonchev–Trinajstić information content (AvgIpc) is 3.67. The third-order valence-corrected chi connectivity index (χ3v) is 11.9.